The van der Waals surface area contributed by atoms with E-state index in [4.69, 9.17) is 14.6 Å². The van der Waals surface area contributed by atoms with E-state index in [9.17, 15) is 29.4 Å². The molecule has 0 saturated carbocycles. The number of imidazole rings is 2. The Morgan fingerprint density at radius 2 is 1.13 bits per heavy atom. The molecule has 5 heterocycles. The SMILES string of the molecule is O=C(Nc1nc2ccc(C3(O)c4ccccc4C(=O)N3Cc3ccccc3)cc2[nH]1)OCC1CCCO1.O=C(O)Nc1nc2ccc(C3(O)c4ccccc4C(=O)N3Cc3ccccc3)cc2[nH]1. The van der Waals surface area contributed by atoms with Gasteiger partial charge in [-0.25, -0.2) is 19.6 Å². The minimum Gasteiger partial charge on any atom is -0.465 e. The number of nitrogens with zero attached hydrogens (tertiary/aromatic N) is 4. The fourth-order valence-corrected chi connectivity index (χ4v) is 9.10. The van der Waals surface area contributed by atoms with E-state index in [1.165, 1.54) is 9.80 Å². The summed E-state index contributed by atoms with van der Waals surface area (Å²) in [6, 6.07) is 43.4. The van der Waals surface area contributed by atoms with Gasteiger partial charge in [-0.05, 0) is 60.4 Å². The van der Waals surface area contributed by atoms with Gasteiger partial charge in [0.05, 0.1) is 28.2 Å². The highest BCUT2D eigenvalue weighted by Gasteiger charge is 2.51. The Balaban J connectivity index is 0.000000161. The van der Waals surface area contributed by atoms with E-state index in [-0.39, 0.29) is 49.5 Å². The molecule has 68 heavy (non-hydrogen) atoms. The summed E-state index contributed by atoms with van der Waals surface area (Å²) < 4.78 is 10.7. The van der Waals surface area contributed by atoms with E-state index in [1.54, 1.807) is 78.9 Å². The lowest BCUT2D eigenvalue weighted by atomic mass is 9.93. The molecular formula is C51H44N8O9. The van der Waals surface area contributed by atoms with Gasteiger partial charge < -0.3 is 34.8 Å². The number of hydrogen-bond donors (Lipinski definition) is 7. The number of carbonyl (C=O) groups is 4. The minimum absolute atomic E-state index is 0.0689. The average molecular weight is 913 g/mol. The fraction of sp³-hybridized carbons (Fsp3) is 0.176. The average Bonchev–Trinajstić information content (AvgIpc) is 4.19. The molecule has 3 aliphatic rings. The van der Waals surface area contributed by atoms with Crippen molar-refractivity contribution >= 4 is 58.0 Å². The van der Waals surface area contributed by atoms with Crippen molar-refractivity contribution in [1.29, 1.82) is 0 Å². The molecule has 3 atom stereocenters. The second kappa shape index (κ2) is 17.8. The first kappa shape index (κ1) is 43.5. The summed E-state index contributed by atoms with van der Waals surface area (Å²) >= 11 is 0. The highest BCUT2D eigenvalue weighted by atomic mass is 16.6. The molecule has 11 rings (SSSR count). The number of ether oxygens (including phenoxy) is 2. The maximum atomic E-state index is 13.4. The van der Waals surface area contributed by atoms with E-state index >= 15 is 0 Å². The normalized spacial score (nSPS) is 19.4. The maximum absolute atomic E-state index is 13.4. The van der Waals surface area contributed by atoms with Crippen LogP contribution >= 0.6 is 0 Å². The number of nitrogens with one attached hydrogen (secondary N) is 4. The number of aliphatic hydroxyl groups is 2. The molecule has 0 bridgehead atoms. The van der Waals surface area contributed by atoms with E-state index in [2.05, 4.69) is 30.6 Å². The number of aromatic amines is 2. The molecule has 1 saturated heterocycles. The lowest BCUT2D eigenvalue weighted by molar-refractivity contribution is -0.0548. The van der Waals surface area contributed by atoms with Gasteiger partial charge in [-0.2, -0.15) is 0 Å². The third kappa shape index (κ3) is 8.04. The highest BCUT2D eigenvalue weighted by Crippen LogP contribution is 2.45. The van der Waals surface area contributed by atoms with E-state index in [0.29, 0.717) is 62.1 Å². The Labute approximate surface area is 388 Å². The van der Waals surface area contributed by atoms with Crippen LogP contribution in [0.15, 0.2) is 146 Å². The molecule has 3 aliphatic heterocycles. The fourth-order valence-electron chi connectivity index (χ4n) is 9.10. The van der Waals surface area contributed by atoms with Crippen molar-refractivity contribution in [3.63, 3.8) is 0 Å². The Morgan fingerprint density at radius 1 is 0.662 bits per heavy atom. The lowest BCUT2D eigenvalue weighted by Crippen LogP contribution is -2.44. The Hall–Kier alpha value is -8.38. The molecule has 3 unspecified atom stereocenters. The van der Waals surface area contributed by atoms with Crippen molar-refractivity contribution in [1.82, 2.24) is 29.7 Å². The summed E-state index contributed by atoms with van der Waals surface area (Å²) in [5.41, 5.74) is 3.56. The predicted octanol–water partition coefficient (Wildman–Crippen LogP) is 7.64. The summed E-state index contributed by atoms with van der Waals surface area (Å²) in [6.07, 6.45) is -0.0934. The van der Waals surface area contributed by atoms with Crippen molar-refractivity contribution in [3.05, 3.63) is 190 Å². The van der Waals surface area contributed by atoms with Crippen LogP contribution in [0, 0.1) is 0 Å². The zero-order valence-corrected chi connectivity index (χ0v) is 36.3. The van der Waals surface area contributed by atoms with Crippen LogP contribution in [0.25, 0.3) is 22.1 Å². The summed E-state index contributed by atoms with van der Waals surface area (Å²) in [6.45, 7) is 1.33. The number of fused-ring (bicyclic) bond motifs is 4. The van der Waals surface area contributed by atoms with Crippen LogP contribution in [0.1, 0.15) is 66.9 Å². The van der Waals surface area contributed by atoms with Gasteiger partial charge in [-0.1, -0.05) is 109 Å². The van der Waals surface area contributed by atoms with Gasteiger partial charge in [-0.3, -0.25) is 30.0 Å². The van der Waals surface area contributed by atoms with Gasteiger partial charge in [0.2, 0.25) is 11.9 Å². The molecule has 6 aromatic carbocycles. The first-order valence-electron chi connectivity index (χ1n) is 21.9. The molecule has 17 heteroatoms. The van der Waals surface area contributed by atoms with Crippen LogP contribution in [0.4, 0.5) is 21.5 Å². The van der Waals surface area contributed by atoms with Crippen LogP contribution in [-0.2, 0) is 34.0 Å². The molecule has 0 spiro atoms. The molecule has 0 radical (unpaired) electrons. The number of H-pyrrole nitrogens is 2. The van der Waals surface area contributed by atoms with Crippen molar-refractivity contribution in [3.8, 4) is 0 Å². The quantitative estimate of drug-likeness (QED) is 0.0704. The van der Waals surface area contributed by atoms with Gasteiger partial charge in [0, 0.05) is 53.1 Å². The van der Waals surface area contributed by atoms with Crippen molar-refractivity contribution in [2.75, 3.05) is 23.8 Å². The van der Waals surface area contributed by atoms with Crippen LogP contribution in [0.3, 0.4) is 0 Å². The Bertz CT molecular complexity index is 3210. The second-order valence-corrected chi connectivity index (χ2v) is 16.6. The second-order valence-electron chi connectivity index (χ2n) is 16.6. The molecule has 2 aromatic heterocycles. The number of carboxylic acid groups (broad SMARTS) is 1. The van der Waals surface area contributed by atoms with Gasteiger partial charge >= 0.3 is 12.2 Å². The molecule has 0 aliphatic carbocycles. The number of aromatic nitrogens is 4. The smallest absolute Gasteiger partial charge is 0.414 e. The van der Waals surface area contributed by atoms with Crippen LogP contribution in [-0.4, -0.2) is 88.4 Å². The van der Waals surface area contributed by atoms with Crippen LogP contribution in [0.2, 0.25) is 0 Å². The lowest BCUT2D eigenvalue weighted by Gasteiger charge is -2.35. The number of amides is 4. The van der Waals surface area contributed by atoms with E-state index in [1.807, 2.05) is 66.7 Å². The van der Waals surface area contributed by atoms with Gasteiger partial charge in [-0.15, -0.1) is 0 Å². The third-order valence-electron chi connectivity index (χ3n) is 12.3. The Morgan fingerprint density at radius 3 is 1.60 bits per heavy atom. The zero-order chi connectivity index (χ0) is 47.0. The molecule has 342 valence electrons. The van der Waals surface area contributed by atoms with E-state index in [0.717, 1.165) is 24.0 Å². The molecule has 17 nitrogen and oxygen atoms in total. The van der Waals surface area contributed by atoms with Crippen molar-refractivity contribution < 1.29 is 44.0 Å². The van der Waals surface area contributed by atoms with Crippen LogP contribution in [0.5, 0.6) is 0 Å². The summed E-state index contributed by atoms with van der Waals surface area (Å²) in [5.74, 6) is -0.209. The Kier molecular flexibility index (Phi) is 11.4. The summed E-state index contributed by atoms with van der Waals surface area (Å²) in [5, 5.41) is 37.8. The molecule has 8 aromatic rings. The van der Waals surface area contributed by atoms with Crippen LogP contribution < -0.4 is 10.6 Å². The maximum Gasteiger partial charge on any atom is 0.414 e. The summed E-state index contributed by atoms with van der Waals surface area (Å²) in [7, 11) is 0. The predicted molar refractivity (Wildman–Crippen MR) is 249 cm³/mol. The third-order valence-corrected chi connectivity index (χ3v) is 12.3. The van der Waals surface area contributed by atoms with Gasteiger partial charge in [0.15, 0.2) is 11.4 Å². The van der Waals surface area contributed by atoms with Crippen molar-refractivity contribution in [2.45, 2.75) is 43.5 Å². The number of benzene rings is 6. The topological polar surface area (TPSA) is 235 Å². The molecular weight excluding hydrogens is 869 g/mol. The largest absolute Gasteiger partial charge is 0.465 e. The van der Waals surface area contributed by atoms with Gasteiger partial charge in [0.1, 0.15) is 6.61 Å². The minimum atomic E-state index is -1.69. The highest BCUT2D eigenvalue weighted by molar-refractivity contribution is 6.01. The monoisotopic (exact) mass is 912 g/mol. The first-order valence-corrected chi connectivity index (χ1v) is 21.9. The molecule has 1 fully saturated rings. The molecule has 4 amide bonds. The zero-order valence-electron chi connectivity index (χ0n) is 36.3. The number of carbonyl (C=O) groups excluding carboxylic acids is 3. The number of hydrogen-bond acceptors (Lipinski definition) is 10. The summed E-state index contributed by atoms with van der Waals surface area (Å²) in [4.78, 5) is 67.3. The van der Waals surface area contributed by atoms with E-state index < -0.39 is 23.6 Å². The first-order chi connectivity index (χ1) is 33.0. The van der Waals surface area contributed by atoms with Gasteiger partial charge in [0.25, 0.3) is 11.8 Å². The number of anilines is 2. The number of rotatable bonds is 10. The molecule has 7 N–H and O–H groups in total. The standard InChI is InChI=1S/C28H26N4O5.C23H18N4O4/c33-25-21-10-4-5-11-22(21)28(35,32(25)16-18-7-2-1-3-8-18)19-12-13-23-24(15-19)30-26(29-23)31-27(34)37-17-20-9-6-14-36-20;28-20-16-8-4-5-9-17(16)23(31,27(20)13-14-6-2-1-3-7-14)15-10-11-18-19(12-15)25-21(24-18)26-22(29)30/h1-5,7-8,10-13,15,20,35H,6,9,14,16-17H2,(H2,29,30,31,34);1-12,31H,13H2,(H,29,30)(H2,24,25,26). The van der Waals surface area contributed by atoms with Crippen molar-refractivity contribution in [2.24, 2.45) is 0 Å².